The summed E-state index contributed by atoms with van der Waals surface area (Å²) in [7, 11) is 0. The number of primary amides is 1. The fourth-order valence-corrected chi connectivity index (χ4v) is 2.84. The summed E-state index contributed by atoms with van der Waals surface area (Å²) in [6, 6.07) is 14.8. The van der Waals surface area contributed by atoms with Crippen molar-refractivity contribution in [2.75, 3.05) is 5.32 Å². The number of aromatic amines is 1. The number of amides is 2. The number of hydrogen-bond donors (Lipinski definition) is 3. The van der Waals surface area contributed by atoms with Gasteiger partial charge in [0, 0.05) is 24.1 Å². The average Bonchev–Trinajstić information content (AvgIpc) is 3.33. The lowest BCUT2D eigenvalue weighted by Gasteiger charge is -2.06. The lowest BCUT2D eigenvalue weighted by Crippen LogP contribution is -2.17. The number of fused-ring (bicyclic) bond motifs is 1. The molecule has 0 atom stereocenters. The minimum Gasteiger partial charge on any atom is -0.436 e. The molecule has 0 aliphatic heterocycles. The van der Waals surface area contributed by atoms with Crippen LogP contribution in [0.2, 0.25) is 0 Å². The summed E-state index contributed by atoms with van der Waals surface area (Å²) in [4.78, 5) is 27.1. The zero-order valence-corrected chi connectivity index (χ0v) is 14.8. The summed E-state index contributed by atoms with van der Waals surface area (Å²) in [5.74, 6) is -0.287. The van der Waals surface area contributed by atoms with Crippen molar-refractivity contribution in [3.63, 3.8) is 0 Å². The SMILES string of the molecule is NC(=O)CCC(=O)Nc1ccc(-c2[nH]ncc2-c2nc3ccccc3o2)cc1. The van der Waals surface area contributed by atoms with Gasteiger partial charge in [-0.15, -0.1) is 0 Å². The molecule has 0 fully saturated rings. The zero-order chi connectivity index (χ0) is 19.5. The third-order valence-corrected chi connectivity index (χ3v) is 4.22. The summed E-state index contributed by atoms with van der Waals surface area (Å²) in [5.41, 5.74) is 9.54. The summed E-state index contributed by atoms with van der Waals surface area (Å²) in [6.07, 6.45) is 1.74. The molecule has 8 heteroatoms. The number of rotatable bonds is 6. The van der Waals surface area contributed by atoms with E-state index in [1.54, 1.807) is 18.3 Å². The fraction of sp³-hybridized carbons (Fsp3) is 0.100. The number of carbonyl (C=O) groups excluding carboxylic acids is 2. The molecule has 2 aromatic carbocycles. The van der Waals surface area contributed by atoms with E-state index in [1.807, 2.05) is 36.4 Å². The largest absolute Gasteiger partial charge is 0.436 e. The van der Waals surface area contributed by atoms with Crippen LogP contribution < -0.4 is 11.1 Å². The first-order valence-corrected chi connectivity index (χ1v) is 8.68. The first kappa shape index (κ1) is 17.5. The first-order chi connectivity index (χ1) is 13.6. The summed E-state index contributed by atoms with van der Waals surface area (Å²) in [5, 5.41) is 9.82. The van der Waals surface area contributed by atoms with Gasteiger partial charge in [-0.2, -0.15) is 5.10 Å². The Balaban J connectivity index is 1.55. The number of nitrogens with zero attached hydrogens (tertiary/aromatic N) is 2. The van der Waals surface area contributed by atoms with Gasteiger partial charge in [0.05, 0.1) is 17.5 Å². The fourth-order valence-electron chi connectivity index (χ4n) is 2.84. The van der Waals surface area contributed by atoms with E-state index in [4.69, 9.17) is 10.2 Å². The second kappa shape index (κ2) is 7.36. The minimum absolute atomic E-state index is 0.0198. The maximum atomic E-state index is 11.8. The molecule has 0 bridgehead atoms. The molecule has 0 aliphatic carbocycles. The quantitative estimate of drug-likeness (QED) is 0.477. The van der Waals surface area contributed by atoms with Gasteiger partial charge < -0.3 is 15.5 Å². The van der Waals surface area contributed by atoms with Crippen molar-refractivity contribution in [1.82, 2.24) is 15.2 Å². The van der Waals surface area contributed by atoms with E-state index in [2.05, 4.69) is 20.5 Å². The topological polar surface area (TPSA) is 127 Å². The van der Waals surface area contributed by atoms with E-state index in [9.17, 15) is 9.59 Å². The Hall–Kier alpha value is -3.94. The maximum absolute atomic E-state index is 11.8. The standard InChI is InChI=1S/C20H17N5O3/c21-17(26)9-10-18(27)23-13-7-5-12(6-8-13)19-14(11-22-25-19)20-24-15-3-1-2-4-16(15)28-20/h1-8,11H,9-10H2,(H2,21,26)(H,22,25)(H,23,27). The number of H-pyrrole nitrogens is 1. The predicted molar refractivity (Wildman–Crippen MR) is 104 cm³/mol. The molecular weight excluding hydrogens is 358 g/mol. The van der Waals surface area contributed by atoms with Crippen LogP contribution in [0.4, 0.5) is 5.69 Å². The Labute approximate surface area is 159 Å². The van der Waals surface area contributed by atoms with E-state index < -0.39 is 5.91 Å². The number of nitrogens with two attached hydrogens (primary N) is 1. The van der Waals surface area contributed by atoms with Crippen LogP contribution in [0.3, 0.4) is 0 Å². The van der Waals surface area contributed by atoms with Crippen molar-refractivity contribution in [3.8, 4) is 22.7 Å². The summed E-state index contributed by atoms with van der Waals surface area (Å²) in [6.45, 7) is 0. The molecule has 4 aromatic rings. The number of carbonyl (C=O) groups is 2. The van der Waals surface area contributed by atoms with Gasteiger partial charge >= 0.3 is 0 Å². The highest BCUT2D eigenvalue weighted by Crippen LogP contribution is 2.32. The van der Waals surface area contributed by atoms with Crippen molar-refractivity contribution in [2.45, 2.75) is 12.8 Å². The van der Waals surface area contributed by atoms with Gasteiger partial charge in [-0.3, -0.25) is 14.7 Å². The van der Waals surface area contributed by atoms with Crippen LogP contribution in [0.5, 0.6) is 0 Å². The number of nitrogens with one attached hydrogen (secondary N) is 2. The number of anilines is 1. The molecule has 28 heavy (non-hydrogen) atoms. The van der Waals surface area contributed by atoms with Crippen molar-refractivity contribution < 1.29 is 14.0 Å². The van der Waals surface area contributed by atoms with Gasteiger partial charge in [-0.05, 0) is 24.3 Å². The molecule has 0 saturated carbocycles. The molecular formula is C20H17N5O3. The summed E-state index contributed by atoms with van der Waals surface area (Å²) < 4.78 is 5.83. The zero-order valence-electron chi connectivity index (χ0n) is 14.8. The van der Waals surface area contributed by atoms with E-state index in [0.29, 0.717) is 17.2 Å². The number of oxazole rings is 1. The van der Waals surface area contributed by atoms with Gasteiger partial charge in [-0.1, -0.05) is 24.3 Å². The van der Waals surface area contributed by atoms with Crippen LogP contribution in [0.1, 0.15) is 12.8 Å². The number of benzene rings is 2. The van der Waals surface area contributed by atoms with Crippen LogP contribution in [-0.2, 0) is 9.59 Å². The summed E-state index contributed by atoms with van der Waals surface area (Å²) >= 11 is 0. The second-order valence-corrected chi connectivity index (χ2v) is 6.24. The molecule has 8 nitrogen and oxygen atoms in total. The van der Waals surface area contributed by atoms with Gasteiger partial charge in [0.15, 0.2) is 5.58 Å². The maximum Gasteiger partial charge on any atom is 0.231 e. The van der Waals surface area contributed by atoms with E-state index in [0.717, 1.165) is 22.3 Å². The van der Waals surface area contributed by atoms with Gasteiger partial charge in [0.2, 0.25) is 17.7 Å². The van der Waals surface area contributed by atoms with Crippen molar-refractivity contribution in [3.05, 3.63) is 54.7 Å². The van der Waals surface area contributed by atoms with Crippen LogP contribution >= 0.6 is 0 Å². The Morgan fingerprint density at radius 2 is 1.86 bits per heavy atom. The highest BCUT2D eigenvalue weighted by molar-refractivity contribution is 5.93. The second-order valence-electron chi connectivity index (χ2n) is 6.24. The molecule has 0 saturated heterocycles. The van der Waals surface area contributed by atoms with Gasteiger partial charge in [0.1, 0.15) is 5.52 Å². The first-order valence-electron chi connectivity index (χ1n) is 8.68. The molecule has 2 aromatic heterocycles. The van der Waals surface area contributed by atoms with Crippen molar-refractivity contribution in [1.29, 1.82) is 0 Å². The smallest absolute Gasteiger partial charge is 0.231 e. The predicted octanol–water partition coefficient (Wildman–Crippen LogP) is 3.09. The Morgan fingerprint density at radius 1 is 1.07 bits per heavy atom. The molecule has 4 N–H and O–H groups in total. The molecule has 2 heterocycles. The number of para-hydroxylation sites is 2. The normalized spacial score (nSPS) is 10.9. The van der Waals surface area contributed by atoms with Crippen LogP contribution in [0.15, 0.2) is 59.1 Å². The molecule has 0 radical (unpaired) electrons. The average molecular weight is 375 g/mol. The third kappa shape index (κ3) is 3.61. The van der Waals surface area contributed by atoms with E-state index in [-0.39, 0.29) is 18.7 Å². The monoisotopic (exact) mass is 375 g/mol. The Kier molecular flexibility index (Phi) is 4.59. The van der Waals surface area contributed by atoms with Crippen LogP contribution in [0, 0.1) is 0 Å². The Bertz CT molecular complexity index is 1110. The van der Waals surface area contributed by atoms with Gasteiger partial charge in [-0.25, -0.2) is 4.98 Å². The third-order valence-electron chi connectivity index (χ3n) is 4.22. The van der Waals surface area contributed by atoms with Crippen molar-refractivity contribution >= 4 is 28.6 Å². The highest BCUT2D eigenvalue weighted by Gasteiger charge is 2.16. The molecule has 0 spiro atoms. The molecule has 140 valence electrons. The lowest BCUT2D eigenvalue weighted by atomic mass is 10.1. The van der Waals surface area contributed by atoms with Crippen LogP contribution in [0.25, 0.3) is 33.8 Å². The number of hydrogen-bond acceptors (Lipinski definition) is 5. The molecule has 0 aliphatic rings. The number of aromatic nitrogens is 3. The molecule has 4 rings (SSSR count). The molecule has 0 unspecified atom stereocenters. The van der Waals surface area contributed by atoms with Crippen LogP contribution in [-0.4, -0.2) is 27.0 Å². The lowest BCUT2D eigenvalue weighted by molar-refractivity contribution is -0.122. The minimum atomic E-state index is -0.503. The molecule has 2 amide bonds. The van der Waals surface area contributed by atoms with E-state index in [1.165, 1.54) is 0 Å². The van der Waals surface area contributed by atoms with E-state index >= 15 is 0 Å². The highest BCUT2D eigenvalue weighted by atomic mass is 16.3. The Morgan fingerprint density at radius 3 is 2.61 bits per heavy atom. The van der Waals surface area contributed by atoms with Gasteiger partial charge in [0.25, 0.3) is 0 Å². The van der Waals surface area contributed by atoms with Crippen molar-refractivity contribution in [2.24, 2.45) is 5.73 Å².